The van der Waals surface area contributed by atoms with Crippen molar-refractivity contribution in [3.05, 3.63) is 72.5 Å². The number of ether oxygens (including phenoxy) is 3. The maximum Gasteiger partial charge on any atom is 0.344 e. The molecule has 0 N–H and O–H groups in total. The molecule has 4 heteroatoms. The molecule has 1 aromatic heterocycles. The van der Waals surface area contributed by atoms with E-state index in [1.807, 2.05) is 42.5 Å². The molecule has 3 rings (SSSR count). The van der Waals surface area contributed by atoms with Crippen LogP contribution in [0.4, 0.5) is 0 Å². The molecule has 0 aliphatic heterocycles. The van der Waals surface area contributed by atoms with Gasteiger partial charge in [0.25, 0.3) is 0 Å². The number of methoxy groups -OCH3 is 1. The van der Waals surface area contributed by atoms with Gasteiger partial charge in [-0.05, 0) is 61.4 Å². The molecular formula is C40H56O4. The molecule has 0 saturated carbocycles. The van der Waals surface area contributed by atoms with E-state index in [2.05, 4.69) is 44.4 Å². The summed E-state index contributed by atoms with van der Waals surface area (Å²) in [6.07, 6.45) is 25.3. The Labute approximate surface area is 267 Å². The van der Waals surface area contributed by atoms with Crippen molar-refractivity contribution in [3.8, 4) is 34.1 Å². The van der Waals surface area contributed by atoms with Gasteiger partial charge in [0.15, 0.2) is 0 Å². The molecule has 0 fully saturated rings. The fraction of sp³-hybridized carbons (Fsp3) is 0.525. The van der Waals surface area contributed by atoms with Crippen LogP contribution in [-0.2, 0) is 4.74 Å². The first-order chi connectivity index (χ1) is 21.7. The Kier molecular flexibility index (Phi) is 17.8. The molecule has 2 aromatic carbocycles. The van der Waals surface area contributed by atoms with Crippen molar-refractivity contribution in [1.29, 1.82) is 0 Å². The van der Waals surface area contributed by atoms with E-state index in [0.29, 0.717) is 0 Å². The minimum atomic E-state index is 0.734. The van der Waals surface area contributed by atoms with Crippen LogP contribution in [0, 0.1) is 6.26 Å². The Morgan fingerprint density at radius 3 is 1.43 bits per heavy atom. The summed E-state index contributed by atoms with van der Waals surface area (Å²) in [7, 11) is 1.60. The third kappa shape index (κ3) is 14.0. The van der Waals surface area contributed by atoms with Crippen LogP contribution < -0.4 is 9.47 Å². The number of unbranched alkanes of at least 4 members (excludes halogenated alkanes) is 14. The van der Waals surface area contributed by atoms with Gasteiger partial charge in [-0.1, -0.05) is 122 Å². The zero-order valence-corrected chi connectivity index (χ0v) is 27.7. The largest absolute Gasteiger partial charge is 0.596 e. The molecule has 0 saturated heterocycles. The predicted molar refractivity (Wildman–Crippen MR) is 185 cm³/mol. The monoisotopic (exact) mass is 600 g/mol. The van der Waals surface area contributed by atoms with Crippen LogP contribution in [0.1, 0.15) is 122 Å². The molecule has 4 nitrogen and oxygen atoms in total. The van der Waals surface area contributed by atoms with Crippen LogP contribution in [0.25, 0.3) is 28.7 Å². The van der Waals surface area contributed by atoms with Gasteiger partial charge >= 0.3 is 11.5 Å². The fourth-order valence-electron chi connectivity index (χ4n) is 5.35. The average molecular weight is 601 g/mol. The second-order valence-corrected chi connectivity index (χ2v) is 11.8. The van der Waals surface area contributed by atoms with Gasteiger partial charge in [-0.2, -0.15) is 11.6 Å². The minimum absolute atomic E-state index is 0.734. The third-order valence-electron chi connectivity index (χ3n) is 7.93. The highest BCUT2D eigenvalue weighted by atomic mass is 16.5. The molecule has 0 aliphatic carbocycles. The summed E-state index contributed by atoms with van der Waals surface area (Å²) >= 11 is 0. The maximum absolute atomic E-state index is 6.48. The van der Waals surface area contributed by atoms with Crippen molar-refractivity contribution in [2.45, 2.75) is 117 Å². The van der Waals surface area contributed by atoms with E-state index < -0.39 is 0 Å². The zero-order chi connectivity index (χ0) is 31.1. The van der Waals surface area contributed by atoms with Gasteiger partial charge in [0.2, 0.25) is 0 Å². The van der Waals surface area contributed by atoms with Crippen LogP contribution in [0.5, 0.6) is 11.5 Å². The minimum Gasteiger partial charge on any atom is -0.596 e. The van der Waals surface area contributed by atoms with Gasteiger partial charge in [0, 0.05) is 0 Å². The lowest BCUT2D eigenvalue weighted by Crippen LogP contribution is -1.98. The smallest absolute Gasteiger partial charge is 0.344 e. The molecule has 0 amide bonds. The van der Waals surface area contributed by atoms with Gasteiger partial charge in [-0.25, -0.2) is 4.42 Å². The highest BCUT2D eigenvalue weighted by Gasteiger charge is 2.18. The lowest BCUT2D eigenvalue weighted by molar-refractivity contribution is 0.304. The number of benzene rings is 2. The van der Waals surface area contributed by atoms with Crippen molar-refractivity contribution in [3.63, 3.8) is 0 Å². The van der Waals surface area contributed by atoms with Crippen LogP contribution in [0.2, 0.25) is 0 Å². The van der Waals surface area contributed by atoms with Crippen LogP contribution in [-0.4, -0.2) is 20.3 Å². The molecule has 240 valence electrons. The first-order valence-corrected chi connectivity index (χ1v) is 17.3. The van der Waals surface area contributed by atoms with E-state index in [1.165, 1.54) is 89.9 Å². The second kappa shape index (κ2) is 22.3. The quantitative estimate of drug-likeness (QED) is 0.0444. The topological polar surface area (TPSA) is 39.0 Å². The zero-order valence-electron chi connectivity index (χ0n) is 27.7. The van der Waals surface area contributed by atoms with Gasteiger partial charge in [-0.3, -0.25) is 0 Å². The lowest BCUT2D eigenvalue weighted by Gasteiger charge is -2.09. The molecule has 0 unspecified atom stereocenters. The molecule has 0 radical (unpaired) electrons. The van der Waals surface area contributed by atoms with Crippen molar-refractivity contribution in [2.24, 2.45) is 0 Å². The van der Waals surface area contributed by atoms with E-state index >= 15 is 0 Å². The molecule has 44 heavy (non-hydrogen) atoms. The summed E-state index contributed by atoms with van der Waals surface area (Å²) in [5.74, 6) is 3.25. The first kappa shape index (κ1) is 35.2. The summed E-state index contributed by atoms with van der Waals surface area (Å²) in [6, 6.07) is 20.3. The fourth-order valence-corrected chi connectivity index (χ4v) is 5.35. The standard InChI is InChI=1S/C40H56O4/c1-4-6-8-10-12-14-16-18-27-42-37-24-20-22-35(32-37)39-30-34(26-29-41-3)31-40(44-39)36-23-21-25-38(33-36)43-28-19-17-15-13-11-9-7-5-2/h20-26,30-33H,4-19,27-28H2,1-3H3. The number of hydrogen-bond acceptors (Lipinski definition) is 3. The Morgan fingerprint density at radius 2 is 1.00 bits per heavy atom. The van der Waals surface area contributed by atoms with Crippen LogP contribution in [0.15, 0.2) is 65.1 Å². The summed E-state index contributed by atoms with van der Waals surface area (Å²) in [5.41, 5.74) is 2.88. The third-order valence-corrected chi connectivity index (χ3v) is 7.93. The van der Waals surface area contributed by atoms with Crippen molar-refractivity contribution >= 4 is 6.08 Å². The Morgan fingerprint density at radius 1 is 0.568 bits per heavy atom. The van der Waals surface area contributed by atoms with Crippen LogP contribution >= 0.6 is 0 Å². The number of hydrogen-bond donors (Lipinski definition) is 0. The summed E-state index contributed by atoms with van der Waals surface area (Å²) in [6.45, 7) is 6.00. The molecule has 0 aliphatic rings. The van der Waals surface area contributed by atoms with Gasteiger partial charge < -0.3 is 14.2 Å². The molecule has 0 bridgehead atoms. The van der Waals surface area contributed by atoms with E-state index in [0.717, 1.165) is 65.8 Å². The molecular weight excluding hydrogens is 544 g/mol. The predicted octanol–water partition coefficient (Wildman–Crippen LogP) is 12.4. The SMILES string of the molecule is CCCCCCCCCCOc1cccc(-c2cc(C=[C-]OC)cc(-c3cccc(OCCCCCCCCCC)c3)[o+]2)c1. The Bertz CT molecular complexity index is 1120. The second-order valence-electron chi connectivity index (χ2n) is 11.8. The molecule has 3 aromatic rings. The van der Waals surface area contributed by atoms with Crippen LogP contribution in [0.3, 0.4) is 0 Å². The maximum atomic E-state index is 6.48. The van der Waals surface area contributed by atoms with Gasteiger partial charge in [0.1, 0.15) is 11.5 Å². The Balaban J connectivity index is 1.60. The summed E-state index contributed by atoms with van der Waals surface area (Å²) in [5, 5.41) is 0. The number of rotatable bonds is 24. The molecule has 0 atom stereocenters. The van der Waals surface area contributed by atoms with E-state index in [9.17, 15) is 0 Å². The van der Waals surface area contributed by atoms with E-state index in [4.69, 9.17) is 18.6 Å². The van der Waals surface area contributed by atoms with Gasteiger partial charge in [-0.15, -0.1) is 0 Å². The molecule has 1 heterocycles. The molecule has 0 spiro atoms. The lowest BCUT2D eigenvalue weighted by atomic mass is 10.1. The van der Waals surface area contributed by atoms with E-state index in [1.54, 1.807) is 7.11 Å². The normalized spacial score (nSPS) is 11.2. The first-order valence-electron chi connectivity index (χ1n) is 17.3. The van der Waals surface area contributed by atoms with E-state index in [-0.39, 0.29) is 0 Å². The summed E-state index contributed by atoms with van der Waals surface area (Å²) < 4.78 is 23.8. The van der Waals surface area contributed by atoms with Crippen molar-refractivity contribution in [2.75, 3.05) is 20.3 Å². The van der Waals surface area contributed by atoms with Gasteiger partial charge in [0.05, 0.1) is 31.5 Å². The highest BCUT2D eigenvalue weighted by Crippen LogP contribution is 2.32. The van der Waals surface area contributed by atoms with Crippen molar-refractivity contribution in [1.82, 2.24) is 0 Å². The van der Waals surface area contributed by atoms with Crippen molar-refractivity contribution < 1.29 is 18.6 Å². The Hall–Kier alpha value is -3.27. The average Bonchev–Trinajstić information content (AvgIpc) is 3.06. The summed E-state index contributed by atoms with van der Waals surface area (Å²) in [4.78, 5) is 0. The highest BCUT2D eigenvalue weighted by molar-refractivity contribution is 5.69.